The van der Waals surface area contributed by atoms with Crippen LogP contribution in [-0.2, 0) is 52.3 Å². The van der Waals surface area contributed by atoms with Crippen LogP contribution < -0.4 is 9.47 Å². The van der Waals surface area contributed by atoms with E-state index in [-0.39, 0.29) is 11.5 Å². The van der Waals surface area contributed by atoms with Crippen LogP contribution in [0.4, 0.5) is 0 Å². The fraction of sp³-hybridized carbons (Fsp3) is 0.629. The highest BCUT2D eigenvalue weighted by atomic mass is 16.8. The first kappa shape index (κ1) is 39.9. The molecule has 16 atom stereocenters. The van der Waals surface area contributed by atoms with E-state index in [0.717, 1.165) is 13.0 Å². The second-order valence-electron chi connectivity index (χ2n) is 13.5. The SMILES string of the molecule is COc1ccc(/C=C/C(=O)O[C@H]2[C@H](O[C@H]3[C@@H]4C=CO[C@@H](O[C@@H]5O[C@H](CO)[C@@H](O)[C@H](O)[C@H]5O)[C@@H]4[C@@]4(CO)O[C@@H]34)O[C@@H](C)[C@H](OC(C)=O)[C@H]2O)cc1OC(C)=O. The third-order valence-electron chi connectivity index (χ3n) is 10.0. The van der Waals surface area contributed by atoms with Gasteiger partial charge in [-0.2, -0.15) is 0 Å². The lowest BCUT2D eigenvalue weighted by atomic mass is 9.85. The smallest absolute Gasteiger partial charge is 0.331 e. The van der Waals surface area contributed by atoms with Gasteiger partial charge in [0.05, 0.1) is 44.7 Å². The summed E-state index contributed by atoms with van der Waals surface area (Å²) in [5.41, 5.74) is -0.866. The van der Waals surface area contributed by atoms with Crippen LogP contribution in [0.1, 0.15) is 26.3 Å². The van der Waals surface area contributed by atoms with Gasteiger partial charge in [0.15, 0.2) is 36.3 Å². The van der Waals surface area contributed by atoms with E-state index in [1.54, 1.807) is 12.1 Å². The highest BCUT2D eigenvalue weighted by Gasteiger charge is 2.77. The number of epoxide rings is 1. The van der Waals surface area contributed by atoms with Gasteiger partial charge in [-0.15, -0.1) is 0 Å². The number of carbonyl (C=O) groups excluding carboxylic acids is 3. The van der Waals surface area contributed by atoms with Crippen LogP contribution in [0.15, 0.2) is 36.6 Å². The number of ether oxygens (including phenoxy) is 10. The number of hydrogen-bond acceptors (Lipinski definition) is 19. The van der Waals surface area contributed by atoms with E-state index in [4.69, 9.17) is 47.4 Å². The Morgan fingerprint density at radius 2 is 1.61 bits per heavy atom. The minimum absolute atomic E-state index is 0.113. The molecule has 0 unspecified atom stereocenters. The summed E-state index contributed by atoms with van der Waals surface area (Å²) in [6, 6.07) is 4.58. The predicted octanol–water partition coefficient (Wildman–Crippen LogP) is -1.97. The molecule has 3 saturated heterocycles. The Labute approximate surface area is 308 Å². The molecule has 19 heteroatoms. The summed E-state index contributed by atoms with van der Waals surface area (Å²) in [7, 11) is 1.40. The van der Waals surface area contributed by atoms with Crippen molar-refractivity contribution in [1.29, 1.82) is 0 Å². The number of benzene rings is 1. The highest BCUT2D eigenvalue weighted by Crippen LogP contribution is 2.61. The maximum atomic E-state index is 13.2. The van der Waals surface area contributed by atoms with Crippen molar-refractivity contribution in [3.8, 4) is 11.5 Å². The minimum Gasteiger partial charge on any atom is -0.493 e. The quantitative estimate of drug-likeness (QED) is 0.0583. The van der Waals surface area contributed by atoms with Crippen molar-refractivity contribution in [2.75, 3.05) is 20.3 Å². The summed E-state index contributed by atoms with van der Waals surface area (Å²) in [5, 5.41) is 62.6. The van der Waals surface area contributed by atoms with Gasteiger partial charge in [0.25, 0.3) is 0 Å². The van der Waals surface area contributed by atoms with E-state index < -0.39 is 128 Å². The maximum Gasteiger partial charge on any atom is 0.331 e. The summed E-state index contributed by atoms with van der Waals surface area (Å²) < 4.78 is 56.9. The second kappa shape index (κ2) is 16.2. The molecule has 6 rings (SSSR count). The molecule has 298 valence electrons. The summed E-state index contributed by atoms with van der Waals surface area (Å²) in [6.45, 7) is 2.67. The molecule has 1 saturated carbocycles. The van der Waals surface area contributed by atoms with Gasteiger partial charge in [-0.25, -0.2) is 4.79 Å². The van der Waals surface area contributed by atoms with Crippen LogP contribution in [-0.4, -0.2) is 154 Å². The summed E-state index contributed by atoms with van der Waals surface area (Å²) >= 11 is 0. The topological polar surface area (TPSA) is 268 Å². The first-order valence-corrected chi connectivity index (χ1v) is 17.2. The van der Waals surface area contributed by atoms with Crippen molar-refractivity contribution >= 4 is 24.0 Å². The first-order valence-electron chi connectivity index (χ1n) is 17.2. The van der Waals surface area contributed by atoms with E-state index in [1.807, 2.05) is 0 Å². The Hall–Kier alpha value is -3.73. The number of methoxy groups -OCH3 is 1. The molecule has 4 fully saturated rings. The van der Waals surface area contributed by atoms with Gasteiger partial charge < -0.3 is 78.0 Å². The lowest BCUT2D eigenvalue weighted by Crippen LogP contribution is -2.61. The van der Waals surface area contributed by atoms with Crippen LogP contribution in [0.5, 0.6) is 11.5 Å². The van der Waals surface area contributed by atoms with Crippen molar-refractivity contribution in [2.24, 2.45) is 11.8 Å². The van der Waals surface area contributed by atoms with Crippen molar-refractivity contribution in [3.05, 3.63) is 42.2 Å². The number of hydrogen-bond donors (Lipinski definition) is 6. The largest absolute Gasteiger partial charge is 0.493 e. The van der Waals surface area contributed by atoms with Crippen LogP contribution in [0, 0.1) is 11.8 Å². The van der Waals surface area contributed by atoms with Gasteiger partial charge in [-0.3, -0.25) is 9.59 Å². The molecule has 4 heterocycles. The molecule has 6 N–H and O–H groups in total. The van der Waals surface area contributed by atoms with E-state index >= 15 is 0 Å². The highest BCUT2D eigenvalue weighted by molar-refractivity contribution is 5.87. The zero-order valence-corrected chi connectivity index (χ0v) is 29.6. The fourth-order valence-electron chi connectivity index (χ4n) is 7.42. The molecule has 5 aliphatic rings. The van der Waals surface area contributed by atoms with E-state index in [0.29, 0.717) is 5.56 Å². The Morgan fingerprint density at radius 3 is 2.28 bits per heavy atom. The number of aliphatic hydroxyl groups is 6. The average Bonchev–Trinajstić information content (AvgIpc) is 3.81. The van der Waals surface area contributed by atoms with Gasteiger partial charge in [-0.05, 0) is 36.8 Å². The number of carbonyl (C=O) groups is 3. The molecule has 19 nitrogen and oxygen atoms in total. The zero-order chi connectivity index (χ0) is 39.1. The van der Waals surface area contributed by atoms with Crippen LogP contribution >= 0.6 is 0 Å². The van der Waals surface area contributed by atoms with Gasteiger partial charge in [-0.1, -0.05) is 6.07 Å². The average molecular weight is 769 g/mol. The molecule has 1 aromatic rings. The molecule has 1 aliphatic carbocycles. The molecule has 0 radical (unpaired) electrons. The molecule has 0 bridgehead atoms. The monoisotopic (exact) mass is 768 g/mol. The van der Waals surface area contributed by atoms with E-state index in [1.165, 1.54) is 45.4 Å². The number of fused-ring (bicyclic) bond motifs is 3. The molecule has 0 amide bonds. The standard InChI is InChI=1S/C35H44O19/c1-14-28(49-16(3)39)27(44)30(51-22(40)8-6-17-5-7-19(45-4)20(11-17)48-15(2)38)34(47-14)52-29-18-9-10-46-32(23(18)35(13-37)31(29)54-35)53-33-26(43)25(42)24(41)21(12-36)50-33/h5-11,14,18,21,23-34,36-37,41-44H,12-13H2,1-4H3/b8-6+/t14-,18+,21+,23+,24+,25-,26+,27+,28-,29-,30+,31-,32-,33-,34-,35+/m0/s1. The number of esters is 3. The molecule has 0 spiro atoms. The Balaban J connectivity index is 1.21. The Kier molecular flexibility index (Phi) is 12.0. The molecule has 1 aromatic carbocycles. The lowest BCUT2D eigenvalue weighted by Gasteiger charge is -2.44. The summed E-state index contributed by atoms with van der Waals surface area (Å²) in [4.78, 5) is 36.7. The van der Waals surface area contributed by atoms with Crippen molar-refractivity contribution < 1.29 is 92.4 Å². The number of rotatable bonds is 12. The van der Waals surface area contributed by atoms with Crippen LogP contribution in [0.2, 0.25) is 0 Å². The van der Waals surface area contributed by atoms with Crippen LogP contribution in [0.25, 0.3) is 6.08 Å². The summed E-state index contributed by atoms with van der Waals surface area (Å²) in [5.74, 6) is -3.33. The van der Waals surface area contributed by atoms with Crippen molar-refractivity contribution in [2.45, 2.75) is 106 Å². The summed E-state index contributed by atoms with van der Waals surface area (Å²) in [6.07, 6.45) is -12.4. The normalized spacial score (nSPS) is 41.0. The fourth-order valence-corrected chi connectivity index (χ4v) is 7.42. The zero-order valence-electron chi connectivity index (χ0n) is 29.6. The Bertz CT molecular complexity index is 1600. The molecular weight excluding hydrogens is 724 g/mol. The minimum atomic E-state index is -1.74. The molecular formula is C35H44O19. The van der Waals surface area contributed by atoms with Gasteiger partial charge in [0, 0.05) is 25.8 Å². The van der Waals surface area contributed by atoms with E-state index in [2.05, 4.69) is 0 Å². The van der Waals surface area contributed by atoms with E-state index in [9.17, 15) is 45.0 Å². The molecule has 4 aliphatic heterocycles. The lowest BCUT2D eigenvalue weighted by molar-refractivity contribution is -0.347. The third kappa shape index (κ3) is 7.71. The van der Waals surface area contributed by atoms with Crippen molar-refractivity contribution in [3.63, 3.8) is 0 Å². The molecule has 0 aromatic heterocycles. The second-order valence-corrected chi connectivity index (χ2v) is 13.5. The van der Waals surface area contributed by atoms with Gasteiger partial charge >= 0.3 is 17.9 Å². The van der Waals surface area contributed by atoms with Gasteiger partial charge in [0.1, 0.15) is 42.2 Å². The Morgan fingerprint density at radius 1 is 0.852 bits per heavy atom. The predicted molar refractivity (Wildman–Crippen MR) is 175 cm³/mol. The van der Waals surface area contributed by atoms with Crippen LogP contribution in [0.3, 0.4) is 0 Å². The maximum absolute atomic E-state index is 13.2. The van der Waals surface area contributed by atoms with Crippen molar-refractivity contribution in [1.82, 2.24) is 0 Å². The first-order chi connectivity index (χ1) is 25.7. The number of aliphatic hydroxyl groups excluding tert-OH is 6. The third-order valence-corrected chi connectivity index (χ3v) is 10.0. The molecule has 54 heavy (non-hydrogen) atoms. The van der Waals surface area contributed by atoms with Gasteiger partial charge in [0.2, 0.25) is 6.29 Å².